The van der Waals surface area contributed by atoms with E-state index in [1.54, 1.807) is 12.1 Å². The average molecular weight is 805 g/mol. The van der Waals surface area contributed by atoms with Gasteiger partial charge in [0.1, 0.15) is 59.5 Å². The predicted octanol–water partition coefficient (Wildman–Crippen LogP) is 7.57. The van der Waals surface area contributed by atoms with Crippen LogP contribution in [0.1, 0.15) is 76.3 Å². The number of nitrogens with two attached hydrogens (primary N) is 2. The average Bonchev–Trinajstić information content (AvgIpc) is 3.01. The fourth-order valence-corrected chi connectivity index (χ4v) is 8.01. The van der Waals surface area contributed by atoms with Crippen LogP contribution >= 0.6 is 31.9 Å². The zero-order chi connectivity index (χ0) is 36.1. The summed E-state index contributed by atoms with van der Waals surface area (Å²) in [6, 6.07) is 15.1. The Hall–Kier alpha value is -4.52. The minimum Gasteiger partial charge on any atom is -0.490 e. The molecule has 0 fully saturated rings. The second-order valence-electron chi connectivity index (χ2n) is 14.5. The van der Waals surface area contributed by atoms with Crippen molar-refractivity contribution in [3.05, 3.63) is 102 Å². The van der Waals surface area contributed by atoms with Crippen molar-refractivity contribution < 1.29 is 28.5 Å². The Kier molecular flexibility index (Phi) is 9.40. The normalized spacial score (nSPS) is 22.6. The first-order valence-corrected chi connectivity index (χ1v) is 17.7. The highest BCUT2D eigenvalue weighted by Gasteiger charge is 2.45. The third-order valence-corrected chi connectivity index (χ3v) is 10.3. The van der Waals surface area contributed by atoms with E-state index in [0.717, 1.165) is 8.95 Å². The Morgan fingerprint density at radius 3 is 1.46 bits per heavy atom. The molecule has 0 saturated heterocycles. The number of hydrogen-bond donors (Lipinski definition) is 2. The van der Waals surface area contributed by atoms with Crippen LogP contribution in [0.4, 0.5) is 0 Å². The number of halogens is 2. The summed E-state index contributed by atoms with van der Waals surface area (Å²) in [6.45, 7) is 8.15. The van der Waals surface area contributed by atoms with Crippen LogP contribution in [0.3, 0.4) is 0 Å². The van der Waals surface area contributed by atoms with Crippen LogP contribution in [0.25, 0.3) is 0 Å². The molecule has 2 aromatic rings. The summed E-state index contributed by atoms with van der Waals surface area (Å²) in [6.07, 6.45) is 1.61. The van der Waals surface area contributed by atoms with Crippen molar-refractivity contribution in [1.82, 2.24) is 0 Å². The van der Waals surface area contributed by atoms with Gasteiger partial charge in [0, 0.05) is 56.9 Å². The molecule has 0 radical (unpaired) electrons. The predicted molar refractivity (Wildman–Crippen MR) is 191 cm³/mol. The van der Waals surface area contributed by atoms with Gasteiger partial charge in [-0.25, -0.2) is 0 Å². The fraction of sp³-hybridized carbons (Fsp3) is 0.368. The summed E-state index contributed by atoms with van der Waals surface area (Å²) >= 11 is 7.07. The van der Waals surface area contributed by atoms with Crippen LogP contribution in [-0.2, 0) is 19.1 Å². The molecular weight excluding hydrogens is 768 g/mol. The van der Waals surface area contributed by atoms with E-state index in [4.69, 9.17) is 30.4 Å². The van der Waals surface area contributed by atoms with Crippen molar-refractivity contribution in [3.8, 4) is 23.6 Å². The third kappa shape index (κ3) is 6.67. The molecule has 2 aliphatic heterocycles. The molecule has 12 heteroatoms. The Morgan fingerprint density at radius 2 is 1.10 bits per heavy atom. The van der Waals surface area contributed by atoms with E-state index >= 15 is 0 Å². The molecule has 4 aliphatic rings. The highest BCUT2D eigenvalue weighted by Crippen LogP contribution is 2.51. The first-order valence-electron chi connectivity index (χ1n) is 16.1. The lowest BCUT2D eigenvalue weighted by atomic mass is 9.70. The van der Waals surface area contributed by atoms with Crippen LogP contribution < -0.4 is 20.9 Å². The number of nitrogens with zero attached hydrogens (tertiary/aromatic N) is 2. The molecule has 10 nitrogen and oxygen atoms in total. The van der Waals surface area contributed by atoms with Gasteiger partial charge in [-0.05, 0) is 47.2 Å². The third-order valence-electron chi connectivity index (χ3n) is 9.32. The summed E-state index contributed by atoms with van der Waals surface area (Å²) in [5, 5.41) is 20.3. The second kappa shape index (κ2) is 13.3. The van der Waals surface area contributed by atoms with Gasteiger partial charge in [-0.3, -0.25) is 9.59 Å². The van der Waals surface area contributed by atoms with E-state index < -0.39 is 11.8 Å². The molecule has 2 heterocycles. The largest absolute Gasteiger partial charge is 0.490 e. The Morgan fingerprint density at radius 1 is 0.720 bits per heavy atom. The molecule has 258 valence electrons. The van der Waals surface area contributed by atoms with E-state index in [1.807, 2.05) is 52.0 Å². The Balaban J connectivity index is 1.29. The molecule has 2 aliphatic carbocycles. The summed E-state index contributed by atoms with van der Waals surface area (Å²) in [7, 11) is 0. The maximum Gasteiger partial charge on any atom is 0.205 e. The lowest BCUT2D eigenvalue weighted by Crippen LogP contribution is -2.33. The van der Waals surface area contributed by atoms with Gasteiger partial charge in [-0.1, -0.05) is 59.6 Å². The van der Waals surface area contributed by atoms with Gasteiger partial charge in [-0.15, -0.1) is 0 Å². The summed E-state index contributed by atoms with van der Waals surface area (Å²) in [5.41, 5.74) is 14.2. The van der Waals surface area contributed by atoms with E-state index in [1.165, 1.54) is 0 Å². The maximum absolute atomic E-state index is 13.6. The monoisotopic (exact) mass is 802 g/mol. The van der Waals surface area contributed by atoms with Gasteiger partial charge in [0.2, 0.25) is 11.8 Å². The van der Waals surface area contributed by atoms with Gasteiger partial charge in [0.15, 0.2) is 11.6 Å². The fourth-order valence-electron chi connectivity index (χ4n) is 7.25. The molecule has 0 amide bonds. The lowest BCUT2D eigenvalue weighted by Gasteiger charge is -2.37. The summed E-state index contributed by atoms with van der Waals surface area (Å²) < 4.78 is 25.7. The molecule has 2 atom stereocenters. The molecule has 0 spiro atoms. The number of ether oxygens (including phenoxy) is 4. The number of ketones is 2. The van der Waals surface area contributed by atoms with E-state index in [-0.39, 0.29) is 58.5 Å². The van der Waals surface area contributed by atoms with E-state index in [2.05, 4.69) is 44.0 Å². The van der Waals surface area contributed by atoms with Gasteiger partial charge >= 0.3 is 0 Å². The quantitative estimate of drug-likeness (QED) is 0.266. The summed E-state index contributed by atoms with van der Waals surface area (Å²) in [5.74, 6) is 0.0406. The topological polar surface area (TPSA) is 171 Å². The SMILES string of the molecule is CC1(C)CC(=O)C2=C(C1)OC(N)=C(C#N)C2c1cc(Br)ccc1OCCOc1ccc(Br)cc1C1C(C#N)=C(N)OC2=C1C(=O)CC(C)(C)C2. The van der Waals surface area contributed by atoms with E-state index in [9.17, 15) is 20.1 Å². The van der Waals surface area contributed by atoms with Crippen LogP contribution in [-0.4, -0.2) is 24.8 Å². The molecular formula is C38H36Br2N4O6. The number of nitriles is 2. The minimum atomic E-state index is -0.769. The Bertz CT molecular complexity index is 1900. The molecule has 2 unspecified atom stereocenters. The lowest BCUT2D eigenvalue weighted by molar-refractivity contribution is -0.119. The van der Waals surface area contributed by atoms with Crippen LogP contribution in [0.5, 0.6) is 11.5 Å². The standard InChI is InChI=1S/C38H36Br2N4O6/c1-37(2)13-25(45)33-29(15-37)49-35(43)23(17-41)31(33)21-11-19(39)5-7-27(21)47-9-10-48-28-8-6-20(40)12-22(28)32-24(18-42)36(44)50-30-16-38(3,4)14-26(46)34(30)32/h5-8,11-12,31-32H,9-10,13-16,43-44H2,1-4H3. The highest BCUT2D eigenvalue weighted by atomic mass is 79.9. The second-order valence-corrected chi connectivity index (χ2v) is 16.3. The molecule has 4 N–H and O–H groups in total. The van der Waals surface area contributed by atoms with Crippen LogP contribution in [0.15, 0.2) is 90.9 Å². The first kappa shape index (κ1) is 35.3. The number of allylic oxidation sites excluding steroid dienone is 6. The number of rotatable bonds is 7. The highest BCUT2D eigenvalue weighted by molar-refractivity contribution is 9.10. The molecule has 6 rings (SSSR count). The van der Waals surface area contributed by atoms with Crippen molar-refractivity contribution in [1.29, 1.82) is 10.5 Å². The number of hydrogen-bond acceptors (Lipinski definition) is 10. The molecule has 0 aromatic heterocycles. The Labute approximate surface area is 307 Å². The van der Waals surface area contributed by atoms with Crippen LogP contribution in [0, 0.1) is 33.5 Å². The number of carbonyl (C=O) groups is 2. The minimum absolute atomic E-state index is 0.0309. The van der Waals surface area contributed by atoms with Crippen molar-refractivity contribution in [2.75, 3.05) is 13.2 Å². The molecule has 50 heavy (non-hydrogen) atoms. The van der Waals surface area contributed by atoms with Crippen molar-refractivity contribution in [2.24, 2.45) is 22.3 Å². The van der Waals surface area contributed by atoms with Crippen molar-refractivity contribution in [2.45, 2.75) is 65.2 Å². The van der Waals surface area contributed by atoms with Crippen molar-refractivity contribution >= 4 is 43.4 Å². The zero-order valence-corrected chi connectivity index (χ0v) is 31.3. The zero-order valence-electron chi connectivity index (χ0n) is 28.1. The van der Waals surface area contributed by atoms with Gasteiger partial charge in [0.25, 0.3) is 0 Å². The smallest absolute Gasteiger partial charge is 0.205 e. The first-order chi connectivity index (χ1) is 23.6. The van der Waals surface area contributed by atoms with Gasteiger partial charge < -0.3 is 30.4 Å². The summed E-state index contributed by atoms with van der Waals surface area (Å²) in [4.78, 5) is 27.1. The van der Waals surface area contributed by atoms with Gasteiger partial charge in [-0.2, -0.15) is 10.5 Å². The van der Waals surface area contributed by atoms with Crippen molar-refractivity contribution in [3.63, 3.8) is 0 Å². The number of benzene rings is 2. The van der Waals surface area contributed by atoms with E-state index in [0.29, 0.717) is 71.0 Å². The number of carbonyl (C=O) groups excluding carboxylic acids is 2. The molecule has 0 bridgehead atoms. The molecule has 0 saturated carbocycles. The van der Waals surface area contributed by atoms with Gasteiger partial charge in [0.05, 0.1) is 11.8 Å². The van der Waals surface area contributed by atoms with Crippen LogP contribution in [0.2, 0.25) is 0 Å². The maximum atomic E-state index is 13.6. The molecule has 2 aromatic carbocycles. The number of Topliss-reactive ketones (excluding diaryl/α,β-unsaturated/α-hetero) is 2.